The van der Waals surface area contributed by atoms with Crippen LogP contribution in [0.25, 0.3) is 0 Å². The molecule has 0 aliphatic rings. The number of aryl methyl sites for hydroxylation is 1. The fraction of sp³-hybridized carbons (Fsp3) is 0.250. The second-order valence-electron chi connectivity index (χ2n) is 5.13. The lowest BCUT2D eigenvalue weighted by molar-refractivity contribution is 0.0694. The summed E-state index contributed by atoms with van der Waals surface area (Å²) in [6, 6.07) is 6.84. The van der Waals surface area contributed by atoms with Gasteiger partial charge < -0.3 is 14.8 Å². The lowest BCUT2D eigenvalue weighted by atomic mass is 10.2. The van der Waals surface area contributed by atoms with Crippen molar-refractivity contribution in [2.75, 3.05) is 12.3 Å². The number of carboxylic acid groups (broad SMARTS) is 1. The summed E-state index contributed by atoms with van der Waals surface area (Å²) in [5.41, 5.74) is -0.0820. The Morgan fingerprint density at radius 1 is 1.24 bits per heavy atom. The Morgan fingerprint density at radius 2 is 1.88 bits per heavy atom. The Labute approximate surface area is 149 Å². The average molecular weight is 386 g/mol. The number of hydrogen-bond acceptors (Lipinski definition) is 5. The molecule has 0 unspecified atom stereocenters. The van der Waals surface area contributed by atoms with Crippen molar-refractivity contribution < 1.29 is 27.5 Å². The Balaban J connectivity index is 2.00. The highest BCUT2D eigenvalue weighted by molar-refractivity contribution is 7.91. The summed E-state index contributed by atoms with van der Waals surface area (Å²) in [7, 11) is -3.57. The minimum absolute atomic E-state index is 0.0820. The predicted octanol–water partition coefficient (Wildman–Crippen LogP) is 2.40. The molecule has 2 rings (SSSR count). The number of hydrogen-bond donors (Lipinski definition) is 2. The molecule has 1 heterocycles. The summed E-state index contributed by atoms with van der Waals surface area (Å²) in [6.45, 7) is 1.56. The summed E-state index contributed by atoms with van der Waals surface area (Å²) in [4.78, 5) is 23.2. The summed E-state index contributed by atoms with van der Waals surface area (Å²) in [5, 5.41) is 11.9. The third-order valence-electron chi connectivity index (χ3n) is 3.41. The van der Waals surface area contributed by atoms with Crippen LogP contribution in [0.3, 0.4) is 0 Å². The lowest BCUT2D eigenvalue weighted by Crippen LogP contribution is -2.28. The number of rotatable bonds is 7. The third-order valence-corrected chi connectivity index (χ3v) is 5.40. The Kier molecular flexibility index (Phi) is 5.86. The number of amides is 1. The molecule has 0 aliphatic carbocycles. The number of aromatic carboxylic acids is 1. The topological polar surface area (TPSA) is 114 Å². The van der Waals surface area contributed by atoms with Crippen molar-refractivity contribution in [3.05, 3.63) is 52.4 Å². The monoisotopic (exact) mass is 385 g/mol. The van der Waals surface area contributed by atoms with E-state index in [0.717, 1.165) is 6.07 Å². The minimum atomic E-state index is -3.57. The van der Waals surface area contributed by atoms with Crippen molar-refractivity contribution >= 4 is 33.3 Å². The molecule has 1 aromatic heterocycles. The number of halogens is 1. The molecule has 0 bridgehead atoms. The van der Waals surface area contributed by atoms with Gasteiger partial charge in [0.25, 0.3) is 5.91 Å². The Morgan fingerprint density at radius 3 is 2.40 bits per heavy atom. The highest BCUT2D eigenvalue weighted by atomic mass is 35.5. The van der Waals surface area contributed by atoms with E-state index in [1.54, 1.807) is 6.92 Å². The van der Waals surface area contributed by atoms with E-state index < -0.39 is 21.7 Å². The van der Waals surface area contributed by atoms with Crippen LogP contribution in [-0.2, 0) is 16.3 Å². The van der Waals surface area contributed by atoms with Crippen LogP contribution in [0.1, 0.15) is 33.6 Å². The molecule has 0 fully saturated rings. The van der Waals surface area contributed by atoms with Gasteiger partial charge in [-0.1, -0.05) is 18.5 Å². The first kappa shape index (κ1) is 19.0. The van der Waals surface area contributed by atoms with Crippen LogP contribution in [-0.4, -0.2) is 37.7 Å². The molecule has 9 heteroatoms. The molecule has 1 aromatic carbocycles. The molecule has 7 nitrogen and oxygen atoms in total. The smallest absolute Gasteiger partial charge is 0.339 e. The molecule has 2 N–H and O–H groups in total. The van der Waals surface area contributed by atoms with Gasteiger partial charge in [0.15, 0.2) is 15.6 Å². The maximum atomic E-state index is 12.2. The van der Waals surface area contributed by atoms with E-state index in [1.165, 1.54) is 24.3 Å². The van der Waals surface area contributed by atoms with E-state index in [4.69, 9.17) is 21.1 Å². The van der Waals surface area contributed by atoms with Gasteiger partial charge in [-0.3, -0.25) is 4.79 Å². The normalized spacial score (nSPS) is 11.3. The number of sulfone groups is 1. The fourth-order valence-electron chi connectivity index (χ4n) is 2.13. The van der Waals surface area contributed by atoms with Gasteiger partial charge in [-0.05, 0) is 24.3 Å². The molecular weight excluding hydrogens is 370 g/mol. The van der Waals surface area contributed by atoms with Gasteiger partial charge in [0.2, 0.25) is 0 Å². The number of furan rings is 1. The quantitative estimate of drug-likeness (QED) is 0.756. The van der Waals surface area contributed by atoms with E-state index in [0.29, 0.717) is 11.4 Å². The molecule has 1 amide bonds. The van der Waals surface area contributed by atoms with E-state index in [2.05, 4.69) is 5.32 Å². The minimum Gasteiger partial charge on any atom is -0.478 e. The summed E-state index contributed by atoms with van der Waals surface area (Å²) >= 11 is 5.72. The number of benzene rings is 1. The van der Waals surface area contributed by atoms with Gasteiger partial charge in [-0.2, -0.15) is 0 Å². The maximum absolute atomic E-state index is 12.2. The van der Waals surface area contributed by atoms with E-state index in [1.807, 2.05) is 0 Å². The largest absolute Gasteiger partial charge is 0.478 e. The second-order valence-corrected chi connectivity index (χ2v) is 7.68. The Hall–Kier alpha value is -2.32. The van der Waals surface area contributed by atoms with Crippen LogP contribution >= 0.6 is 11.6 Å². The van der Waals surface area contributed by atoms with Gasteiger partial charge in [0, 0.05) is 24.1 Å². The van der Waals surface area contributed by atoms with Crippen LogP contribution in [0, 0.1) is 0 Å². The number of carboxylic acids is 1. The molecule has 0 atom stereocenters. The number of carbonyl (C=O) groups excluding carboxylic acids is 1. The molecule has 0 spiro atoms. The van der Waals surface area contributed by atoms with Crippen LogP contribution < -0.4 is 5.32 Å². The number of nitrogens with one attached hydrogen (secondary N) is 1. The highest BCUT2D eigenvalue weighted by Gasteiger charge is 2.21. The van der Waals surface area contributed by atoms with Crippen molar-refractivity contribution in [1.29, 1.82) is 0 Å². The zero-order valence-corrected chi connectivity index (χ0v) is 14.9. The zero-order valence-electron chi connectivity index (χ0n) is 13.3. The first-order chi connectivity index (χ1) is 11.7. The van der Waals surface area contributed by atoms with Crippen LogP contribution in [0.4, 0.5) is 0 Å². The third kappa shape index (κ3) is 4.61. The number of carbonyl (C=O) groups is 2. The summed E-state index contributed by atoms with van der Waals surface area (Å²) < 4.78 is 29.5. The van der Waals surface area contributed by atoms with Crippen molar-refractivity contribution in [2.24, 2.45) is 0 Å². The van der Waals surface area contributed by atoms with Gasteiger partial charge in [0.1, 0.15) is 11.3 Å². The lowest BCUT2D eigenvalue weighted by Gasteiger charge is -2.05. The fourth-order valence-corrected chi connectivity index (χ4v) is 3.41. The summed E-state index contributed by atoms with van der Waals surface area (Å²) in [5.74, 6) is -2.16. The van der Waals surface area contributed by atoms with E-state index in [-0.39, 0.29) is 34.3 Å². The zero-order chi connectivity index (χ0) is 18.6. The second kappa shape index (κ2) is 7.71. The first-order valence-corrected chi connectivity index (χ1v) is 9.40. The molecule has 0 radical (unpaired) electrons. The standard InChI is InChI=1S/C16H16ClNO6S/c1-2-13-12(16(20)21)9-14(24-13)15(19)18-7-8-25(22,23)11-5-3-10(17)4-6-11/h3-6,9H,2,7-8H2,1H3,(H,18,19)(H,20,21). The van der Waals surface area contributed by atoms with Crippen LogP contribution in [0.2, 0.25) is 5.02 Å². The molecule has 0 saturated heterocycles. The molecule has 0 saturated carbocycles. The molecule has 0 aliphatic heterocycles. The van der Waals surface area contributed by atoms with Crippen LogP contribution in [0.15, 0.2) is 39.6 Å². The Bertz CT molecular complexity index is 886. The van der Waals surface area contributed by atoms with Crippen molar-refractivity contribution in [3.63, 3.8) is 0 Å². The van der Waals surface area contributed by atoms with Gasteiger partial charge in [-0.15, -0.1) is 0 Å². The van der Waals surface area contributed by atoms with Gasteiger partial charge in [0.05, 0.1) is 10.6 Å². The molecule has 25 heavy (non-hydrogen) atoms. The van der Waals surface area contributed by atoms with Gasteiger partial charge in [-0.25, -0.2) is 13.2 Å². The van der Waals surface area contributed by atoms with Crippen molar-refractivity contribution in [3.8, 4) is 0 Å². The van der Waals surface area contributed by atoms with E-state index in [9.17, 15) is 18.0 Å². The molecule has 2 aromatic rings. The average Bonchev–Trinajstić information content (AvgIpc) is 2.99. The van der Waals surface area contributed by atoms with Gasteiger partial charge >= 0.3 is 5.97 Å². The SMILES string of the molecule is CCc1oc(C(=O)NCCS(=O)(=O)c2ccc(Cl)cc2)cc1C(=O)O. The summed E-state index contributed by atoms with van der Waals surface area (Å²) in [6.07, 6.45) is 0.319. The van der Waals surface area contributed by atoms with E-state index >= 15 is 0 Å². The maximum Gasteiger partial charge on any atom is 0.339 e. The first-order valence-electron chi connectivity index (χ1n) is 7.37. The molecular formula is C16H16ClNO6S. The predicted molar refractivity (Wildman–Crippen MR) is 90.9 cm³/mol. The van der Waals surface area contributed by atoms with Crippen LogP contribution in [0.5, 0.6) is 0 Å². The molecule has 134 valence electrons. The highest BCUT2D eigenvalue weighted by Crippen LogP contribution is 2.17. The van der Waals surface area contributed by atoms with Crippen molar-refractivity contribution in [2.45, 2.75) is 18.2 Å². The van der Waals surface area contributed by atoms with Crippen molar-refractivity contribution in [1.82, 2.24) is 5.32 Å².